The molecule has 0 bridgehead atoms. The molecule has 0 heterocycles. The van der Waals surface area contributed by atoms with Crippen LogP contribution in [0.2, 0.25) is 0 Å². The molecule has 0 saturated carbocycles. The molecule has 0 aliphatic carbocycles. The standard InChI is InChI=1S/C16H16N2O4/c1-17(2)16(19)15(12-7-4-3-5-8-12)22-14-10-6-9-13(11-14)18(20)21/h3-11,15H,1-2H3/t15-/m1/s1. The lowest BCUT2D eigenvalue weighted by atomic mass is 10.1. The first-order valence-corrected chi connectivity index (χ1v) is 6.66. The molecule has 0 aliphatic heterocycles. The molecule has 0 saturated heterocycles. The summed E-state index contributed by atoms with van der Waals surface area (Å²) in [6.45, 7) is 0. The molecule has 0 radical (unpaired) electrons. The smallest absolute Gasteiger partial charge is 0.273 e. The van der Waals surface area contributed by atoms with Crippen LogP contribution in [0.5, 0.6) is 5.75 Å². The lowest BCUT2D eigenvalue weighted by Gasteiger charge is -2.22. The highest BCUT2D eigenvalue weighted by Crippen LogP contribution is 2.26. The van der Waals surface area contributed by atoms with Crippen LogP contribution in [0.4, 0.5) is 5.69 Å². The maximum atomic E-state index is 12.3. The molecule has 0 fully saturated rings. The van der Waals surface area contributed by atoms with Crippen molar-refractivity contribution in [2.75, 3.05) is 14.1 Å². The van der Waals surface area contributed by atoms with Gasteiger partial charge < -0.3 is 9.64 Å². The summed E-state index contributed by atoms with van der Waals surface area (Å²) in [6.07, 6.45) is -0.849. The zero-order valence-electron chi connectivity index (χ0n) is 12.3. The van der Waals surface area contributed by atoms with E-state index < -0.39 is 11.0 Å². The number of nitro groups is 1. The van der Waals surface area contributed by atoms with Gasteiger partial charge >= 0.3 is 0 Å². The van der Waals surface area contributed by atoms with Gasteiger partial charge in [-0.1, -0.05) is 36.4 Å². The highest BCUT2D eigenvalue weighted by atomic mass is 16.6. The number of carbonyl (C=O) groups excluding carboxylic acids is 1. The van der Waals surface area contributed by atoms with E-state index in [-0.39, 0.29) is 17.3 Å². The third-order valence-electron chi connectivity index (χ3n) is 3.05. The number of carbonyl (C=O) groups is 1. The predicted octanol–water partition coefficient (Wildman–Crippen LogP) is 2.80. The number of non-ortho nitro benzene ring substituents is 1. The van der Waals surface area contributed by atoms with E-state index in [4.69, 9.17) is 4.74 Å². The fourth-order valence-electron chi connectivity index (χ4n) is 1.93. The van der Waals surface area contributed by atoms with Crippen molar-refractivity contribution in [3.63, 3.8) is 0 Å². The van der Waals surface area contributed by atoms with Crippen LogP contribution in [-0.4, -0.2) is 29.8 Å². The number of nitro benzene ring substituents is 1. The fourth-order valence-corrected chi connectivity index (χ4v) is 1.93. The quantitative estimate of drug-likeness (QED) is 0.628. The van der Waals surface area contributed by atoms with Gasteiger partial charge in [0.1, 0.15) is 5.75 Å². The van der Waals surface area contributed by atoms with Crippen molar-refractivity contribution < 1.29 is 14.5 Å². The normalized spacial score (nSPS) is 11.5. The minimum atomic E-state index is -0.849. The van der Waals surface area contributed by atoms with E-state index >= 15 is 0 Å². The third kappa shape index (κ3) is 3.60. The Bertz CT molecular complexity index is 671. The molecule has 2 aromatic rings. The van der Waals surface area contributed by atoms with Crippen LogP contribution in [-0.2, 0) is 4.79 Å². The van der Waals surface area contributed by atoms with Crippen LogP contribution >= 0.6 is 0 Å². The van der Waals surface area contributed by atoms with Gasteiger partial charge in [-0.15, -0.1) is 0 Å². The molecular formula is C16H16N2O4. The Kier molecular flexibility index (Phi) is 4.73. The second kappa shape index (κ2) is 6.71. The van der Waals surface area contributed by atoms with Crippen LogP contribution in [0.25, 0.3) is 0 Å². The number of rotatable bonds is 5. The Morgan fingerprint density at radius 3 is 2.41 bits per heavy atom. The number of hydrogen-bond acceptors (Lipinski definition) is 4. The summed E-state index contributed by atoms with van der Waals surface area (Å²) in [5, 5.41) is 10.8. The Balaban J connectivity index is 2.33. The summed E-state index contributed by atoms with van der Waals surface area (Å²) in [7, 11) is 3.27. The van der Waals surface area contributed by atoms with Crippen molar-refractivity contribution >= 4 is 11.6 Å². The monoisotopic (exact) mass is 300 g/mol. The number of amides is 1. The molecule has 0 aromatic heterocycles. The molecule has 0 unspecified atom stereocenters. The molecule has 1 amide bonds. The van der Waals surface area contributed by atoms with Crippen LogP contribution in [0.15, 0.2) is 54.6 Å². The van der Waals surface area contributed by atoms with Gasteiger partial charge in [0, 0.05) is 25.7 Å². The van der Waals surface area contributed by atoms with Crippen molar-refractivity contribution in [3.05, 3.63) is 70.3 Å². The van der Waals surface area contributed by atoms with Crippen molar-refractivity contribution in [2.45, 2.75) is 6.10 Å². The zero-order valence-corrected chi connectivity index (χ0v) is 12.3. The number of benzene rings is 2. The second-order valence-electron chi connectivity index (χ2n) is 4.90. The maximum Gasteiger partial charge on any atom is 0.273 e. The first-order chi connectivity index (χ1) is 10.5. The summed E-state index contributed by atoms with van der Waals surface area (Å²) < 4.78 is 5.72. The van der Waals surface area contributed by atoms with Gasteiger partial charge in [-0.25, -0.2) is 0 Å². The maximum absolute atomic E-state index is 12.3. The molecule has 6 heteroatoms. The van der Waals surface area contributed by atoms with Gasteiger partial charge in [0.25, 0.3) is 11.6 Å². The van der Waals surface area contributed by atoms with Crippen molar-refractivity contribution in [1.29, 1.82) is 0 Å². The summed E-state index contributed by atoms with van der Waals surface area (Å²) in [5.41, 5.74) is 0.606. The molecule has 2 rings (SSSR count). The van der Waals surface area contributed by atoms with Gasteiger partial charge in [0.15, 0.2) is 0 Å². The first-order valence-electron chi connectivity index (χ1n) is 6.66. The van der Waals surface area contributed by atoms with E-state index in [9.17, 15) is 14.9 Å². The number of ether oxygens (including phenoxy) is 1. The van der Waals surface area contributed by atoms with Gasteiger partial charge in [0.05, 0.1) is 11.0 Å². The summed E-state index contributed by atoms with van der Waals surface area (Å²) in [6, 6.07) is 14.8. The van der Waals surface area contributed by atoms with Gasteiger partial charge in [-0.3, -0.25) is 14.9 Å². The number of nitrogens with zero attached hydrogens (tertiary/aromatic N) is 2. The predicted molar refractivity (Wildman–Crippen MR) is 81.6 cm³/mol. The van der Waals surface area contributed by atoms with Crippen LogP contribution in [0.1, 0.15) is 11.7 Å². The Hall–Kier alpha value is -2.89. The SMILES string of the molecule is CN(C)C(=O)[C@H](Oc1cccc([N+](=O)[O-])c1)c1ccccc1. The minimum absolute atomic E-state index is 0.0818. The van der Waals surface area contributed by atoms with Crippen molar-refractivity contribution in [3.8, 4) is 5.75 Å². The summed E-state index contributed by atoms with van der Waals surface area (Å²) in [5.74, 6) is 0.0379. The minimum Gasteiger partial charge on any atom is -0.476 e. The molecule has 1 atom stereocenters. The molecular weight excluding hydrogens is 284 g/mol. The van der Waals surface area contributed by atoms with E-state index in [0.29, 0.717) is 5.56 Å². The van der Waals surface area contributed by atoms with Crippen LogP contribution in [0.3, 0.4) is 0 Å². The van der Waals surface area contributed by atoms with E-state index in [0.717, 1.165) is 0 Å². The van der Waals surface area contributed by atoms with Gasteiger partial charge in [0.2, 0.25) is 6.10 Å². The highest BCUT2D eigenvalue weighted by molar-refractivity contribution is 5.82. The fraction of sp³-hybridized carbons (Fsp3) is 0.188. The largest absolute Gasteiger partial charge is 0.476 e. The topological polar surface area (TPSA) is 72.7 Å². The molecule has 6 nitrogen and oxygen atoms in total. The number of hydrogen-bond donors (Lipinski definition) is 0. The lowest BCUT2D eigenvalue weighted by molar-refractivity contribution is -0.384. The van der Waals surface area contributed by atoms with E-state index in [2.05, 4.69) is 0 Å². The Morgan fingerprint density at radius 1 is 1.14 bits per heavy atom. The van der Waals surface area contributed by atoms with E-state index in [1.807, 2.05) is 18.2 Å². The molecule has 0 N–H and O–H groups in total. The van der Waals surface area contributed by atoms with Gasteiger partial charge in [-0.2, -0.15) is 0 Å². The van der Waals surface area contributed by atoms with Crippen LogP contribution in [0, 0.1) is 10.1 Å². The molecule has 22 heavy (non-hydrogen) atoms. The molecule has 0 aliphatic rings. The van der Waals surface area contributed by atoms with Crippen LogP contribution < -0.4 is 4.74 Å². The molecule has 0 spiro atoms. The molecule has 114 valence electrons. The molecule has 2 aromatic carbocycles. The zero-order chi connectivity index (χ0) is 16.1. The van der Waals surface area contributed by atoms with Crippen molar-refractivity contribution in [1.82, 2.24) is 4.90 Å². The Morgan fingerprint density at radius 2 is 1.82 bits per heavy atom. The summed E-state index contributed by atoms with van der Waals surface area (Å²) >= 11 is 0. The van der Waals surface area contributed by atoms with E-state index in [1.54, 1.807) is 32.3 Å². The average Bonchev–Trinajstić information content (AvgIpc) is 2.53. The van der Waals surface area contributed by atoms with Crippen molar-refractivity contribution in [2.24, 2.45) is 0 Å². The average molecular weight is 300 g/mol. The lowest BCUT2D eigenvalue weighted by Crippen LogP contribution is -2.31. The summed E-state index contributed by atoms with van der Waals surface area (Å²) in [4.78, 5) is 24.1. The van der Waals surface area contributed by atoms with Gasteiger partial charge in [-0.05, 0) is 6.07 Å². The first kappa shape index (κ1) is 15.5. The third-order valence-corrected chi connectivity index (χ3v) is 3.05. The highest BCUT2D eigenvalue weighted by Gasteiger charge is 2.24. The number of likely N-dealkylation sites (N-methyl/N-ethyl adjacent to an activating group) is 1. The second-order valence-corrected chi connectivity index (χ2v) is 4.90. The Labute approximate surface area is 128 Å². The van der Waals surface area contributed by atoms with E-state index in [1.165, 1.54) is 23.1 Å².